The summed E-state index contributed by atoms with van der Waals surface area (Å²) in [7, 11) is 0. The summed E-state index contributed by atoms with van der Waals surface area (Å²) in [5, 5.41) is 7.62. The number of nitrogens with zero attached hydrogens (tertiary/aromatic N) is 2. The summed E-state index contributed by atoms with van der Waals surface area (Å²) in [5.41, 5.74) is 0. The Hall–Kier alpha value is -1.04. The fourth-order valence-corrected chi connectivity index (χ4v) is 1.39. The maximum atomic E-state index is 10.3. The van der Waals surface area contributed by atoms with Gasteiger partial charge in [0.2, 0.25) is 6.41 Å². The first kappa shape index (κ1) is 17.4. The van der Waals surface area contributed by atoms with E-state index in [0.717, 1.165) is 25.4 Å². The predicted molar refractivity (Wildman–Crippen MR) is 67.8 cm³/mol. The summed E-state index contributed by atoms with van der Waals surface area (Å²) < 4.78 is 0. The van der Waals surface area contributed by atoms with Gasteiger partial charge in [0.25, 0.3) is 0 Å². The van der Waals surface area contributed by atoms with Gasteiger partial charge in [0, 0.05) is 19.5 Å². The quantitative estimate of drug-likeness (QED) is 0.645. The van der Waals surface area contributed by atoms with E-state index in [4.69, 9.17) is 5.26 Å². The SMILES string of the molecule is CC.CCC#N.C[C@@H]1CCN(C=O)C[C@@H]1C. The molecule has 0 aliphatic carbocycles. The number of hydrogen-bond donors (Lipinski definition) is 0. The van der Waals surface area contributed by atoms with Crippen LogP contribution in [0.15, 0.2) is 0 Å². The van der Waals surface area contributed by atoms with Gasteiger partial charge in [-0.3, -0.25) is 4.79 Å². The van der Waals surface area contributed by atoms with Gasteiger partial charge < -0.3 is 4.90 Å². The lowest BCUT2D eigenvalue weighted by Gasteiger charge is -2.32. The monoisotopic (exact) mass is 226 g/mol. The molecule has 0 saturated carbocycles. The van der Waals surface area contributed by atoms with Gasteiger partial charge >= 0.3 is 0 Å². The topological polar surface area (TPSA) is 44.1 Å². The summed E-state index contributed by atoms with van der Waals surface area (Å²) in [6, 6.07) is 1.93. The van der Waals surface area contributed by atoms with E-state index >= 15 is 0 Å². The van der Waals surface area contributed by atoms with E-state index in [1.165, 1.54) is 6.42 Å². The second kappa shape index (κ2) is 12.0. The van der Waals surface area contributed by atoms with Crippen LogP contribution in [-0.4, -0.2) is 24.4 Å². The van der Waals surface area contributed by atoms with E-state index in [2.05, 4.69) is 13.8 Å². The number of nitriles is 1. The summed E-state index contributed by atoms with van der Waals surface area (Å²) in [6.45, 7) is 12.2. The Bertz CT molecular complexity index is 199. The van der Waals surface area contributed by atoms with E-state index in [1.807, 2.05) is 31.7 Å². The van der Waals surface area contributed by atoms with Crippen molar-refractivity contribution in [1.29, 1.82) is 5.26 Å². The average molecular weight is 226 g/mol. The Morgan fingerprint density at radius 3 is 2.19 bits per heavy atom. The van der Waals surface area contributed by atoms with Crippen LogP contribution in [0.25, 0.3) is 0 Å². The maximum Gasteiger partial charge on any atom is 0.209 e. The largest absolute Gasteiger partial charge is 0.345 e. The molecule has 1 aliphatic rings. The highest BCUT2D eigenvalue weighted by Gasteiger charge is 2.20. The molecule has 3 heteroatoms. The number of piperidine rings is 1. The first-order valence-corrected chi connectivity index (χ1v) is 6.22. The number of carbonyl (C=O) groups excluding carboxylic acids is 1. The molecule has 1 rings (SSSR count). The van der Waals surface area contributed by atoms with E-state index < -0.39 is 0 Å². The van der Waals surface area contributed by atoms with E-state index in [9.17, 15) is 4.79 Å². The highest BCUT2D eigenvalue weighted by molar-refractivity contribution is 5.47. The predicted octanol–water partition coefficient (Wildman–Crippen LogP) is 3.07. The summed E-state index contributed by atoms with van der Waals surface area (Å²) in [6.07, 6.45) is 2.75. The molecule has 94 valence electrons. The van der Waals surface area contributed by atoms with Gasteiger partial charge in [-0.2, -0.15) is 5.26 Å². The zero-order valence-electron chi connectivity index (χ0n) is 11.4. The Balaban J connectivity index is 0. The van der Waals surface area contributed by atoms with Crippen molar-refractivity contribution in [2.45, 2.75) is 47.5 Å². The smallest absolute Gasteiger partial charge is 0.209 e. The third-order valence-corrected chi connectivity index (χ3v) is 2.67. The number of carbonyl (C=O) groups is 1. The normalized spacial score (nSPS) is 22.9. The van der Waals surface area contributed by atoms with Crippen LogP contribution >= 0.6 is 0 Å². The Morgan fingerprint density at radius 2 is 1.88 bits per heavy atom. The lowest BCUT2D eigenvalue weighted by Crippen LogP contribution is -2.37. The minimum Gasteiger partial charge on any atom is -0.345 e. The fraction of sp³-hybridized carbons (Fsp3) is 0.846. The Morgan fingerprint density at radius 1 is 1.38 bits per heavy atom. The molecule has 0 spiro atoms. The van der Waals surface area contributed by atoms with Crippen molar-refractivity contribution in [3.63, 3.8) is 0 Å². The minimum absolute atomic E-state index is 0.625. The van der Waals surface area contributed by atoms with Crippen molar-refractivity contribution in [2.75, 3.05) is 13.1 Å². The Kier molecular flexibility index (Phi) is 13.1. The first-order chi connectivity index (χ1) is 7.65. The highest BCUT2D eigenvalue weighted by atomic mass is 16.1. The minimum atomic E-state index is 0.625. The molecular formula is C13H26N2O. The molecule has 0 radical (unpaired) electrons. The van der Waals surface area contributed by atoms with Crippen LogP contribution < -0.4 is 0 Å². The van der Waals surface area contributed by atoms with Crippen molar-refractivity contribution < 1.29 is 4.79 Å². The van der Waals surface area contributed by atoms with Gasteiger partial charge in [0.15, 0.2) is 0 Å². The van der Waals surface area contributed by atoms with Crippen molar-refractivity contribution in [1.82, 2.24) is 4.90 Å². The van der Waals surface area contributed by atoms with Crippen molar-refractivity contribution in [3.8, 4) is 6.07 Å². The van der Waals surface area contributed by atoms with Crippen LogP contribution in [0.2, 0.25) is 0 Å². The molecule has 1 amide bonds. The standard InChI is InChI=1S/C8H15NO.C3H5N.C2H6/c1-7-3-4-9(6-10)5-8(7)2;1-2-3-4;1-2/h6-8H,3-5H2,1-2H3;2H2,1H3;1-2H3/t7-,8+;;/m1../s1. The van der Waals surface area contributed by atoms with E-state index in [0.29, 0.717) is 12.3 Å². The van der Waals surface area contributed by atoms with E-state index in [-0.39, 0.29) is 0 Å². The van der Waals surface area contributed by atoms with Crippen LogP contribution in [0.1, 0.15) is 47.5 Å². The lowest BCUT2D eigenvalue weighted by molar-refractivity contribution is -0.120. The molecule has 2 atom stereocenters. The number of likely N-dealkylation sites (tertiary alicyclic amines) is 1. The molecule has 0 aromatic heterocycles. The van der Waals surface area contributed by atoms with Gasteiger partial charge in [-0.1, -0.05) is 34.6 Å². The lowest BCUT2D eigenvalue weighted by atomic mass is 9.89. The molecule has 1 saturated heterocycles. The molecule has 3 nitrogen and oxygen atoms in total. The third kappa shape index (κ3) is 8.28. The number of hydrogen-bond acceptors (Lipinski definition) is 2. The highest BCUT2D eigenvalue weighted by Crippen LogP contribution is 2.20. The van der Waals surface area contributed by atoms with Gasteiger partial charge in [0.05, 0.1) is 6.07 Å². The fourth-order valence-electron chi connectivity index (χ4n) is 1.39. The van der Waals surface area contributed by atoms with Gasteiger partial charge in [-0.25, -0.2) is 0 Å². The van der Waals surface area contributed by atoms with Gasteiger partial charge in [-0.15, -0.1) is 0 Å². The van der Waals surface area contributed by atoms with E-state index in [1.54, 1.807) is 0 Å². The maximum absolute atomic E-state index is 10.3. The first-order valence-electron chi connectivity index (χ1n) is 6.22. The van der Waals surface area contributed by atoms with Crippen molar-refractivity contribution >= 4 is 6.41 Å². The molecular weight excluding hydrogens is 200 g/mol. The number of rotatable bonds is 1. The van der Waals surface area contributed by atoms with Crippen LogP contribution in [0.4, 0.5) is 0 Å². The van der Waals surface area contributed by atoms with Crippen LogP contribution in [0, 0.1) is 23.2 Å². The van der Waals surface area contributed by atoms with Gasteiger partial charge in [0.1, 0.15) is 0 Å². The molecule has 0 aromatic carbocycles. The Labute approximate surface area is 100 Å². The van der Waals surface area contributed by atoms with Crippen molar-refractivity contribution in [3.05, 3.63) is 0 Å². The molecule has 0 N–H and O–H groups in total. The average Bonchev–Trinajstić information content (AvgIpc) is 2.35. The molecule has 0 aromatic rings. The summed E-state index contributed by atoms with van der Waals surface area (Å²) >= 11 is 0. The van der Waals surface area contributed by atoms with Crippen LogP contribution in [0.5, 0.6) is 0 Å². The van der Waals surface area contributed by atoms with Gasteiger partial charge in [-0.05, 0) is 18.3 Å². The molecule has 1 fully saturated rings. The summed E-state index contributed by atoms with van der Waals surface area (Å²) in [4.78, 5) is 12.2. The summed E-state index contributed by atoms with van der Waals surface area (Å²) in [5.74, 6) is 1.47. The zero-order valence-corrected chi connectivity index (χ0v) is 11.4. The second-order valence-corrected chi connectivity index (χ2v) is 3.86. The molecule has 0 unspecified atom stereocenters. The molecule has 1 aliphatic heterocycles. The van der Waals surface area contributed by atoms with Crippen LogP contribution in [0.3, 0.4) is 0 Å². The zero-order chi connectivity index (χ0) is 13.0. The molecule has 1 heterocycles. The second-order valence-electron chi connectivity index (χ2n) is 3.86. The molecule has 0 bridgehead atoms. The molecule has 16 heavy (non-hydrogen) atoms. The van der Waals surface area contributed by atoms with Crippen molar-refractivity contribution in [2.24, 2.45) is 11.8 Å². The number of amides is 1. The van der Waals surface area contributed by atoms with Crippen LogP contribution in [-0.2, 0) is 4.79 Å². The third-order valence-electron chi connectivity index (χ3n) is 2.67.